The van der Waals surface area contributed by atoms with Crippen LogP contribution in [0.3, 0.4) is 0 Å². The summed E-state index contributed by atoms with van der Waals surface area (Å²) in [5.74, 6) is 0.490. The van der Waals surface area contributed by atoms with Gasteiger partial charge in [0, 0.05) is 39.4 Å². The van der Waals surface area contributed by atoms with Gasteiger partial charge in [0.2, 0.25) is 0 Å². The van der Waals surface area contributed by atoms with E-state index in [1.807, 2.05) is 0 Å². The van der Waals surface area contributed by atoms with Crippen LogP contribution >= 0.6 is 0 Å². The first-order valence-corrected chi connectivity index (χ1v) is 17.6. The van der Waals surface area contributed by atoms with Gasteiger partial charge in [0.15, 0.2) is 0 Å². The van der Waals surface area contributed by atoms with Crippen molar-refractivity contribution in [3.05, 3.63) is 192 Å². The van der Waals surface area contributed by atoms with Gasteiger partial charge in [-0.25, -0.2) is 0 Å². The highest BCUT2D eigenvalue weighted by Gasteiger charge is 2.29. The molecule has 236 valence electrons. The lowest BCUT2D eigenvalue weighted by atomic mass is 9.82. The number of allylic oxidation sites excluding steroid dienone is 3. The predicted molar refractivity (Wildman–Crippen MR) is 207 cm³/mol. The standard InChI is InChI=1S/C47H38N2/c1-32-25-26-36(31-43(34-16-5-2-6-17-34)48-46(32)35-18-7-3-8-19-35)38-28-27-33-15-11-12-22-39(33)45-41(38)29-30-42-40-23-13-14-24-44(40)49(47(42)45)37-20-9-4-10-21-37/h2-24,26,29-32,38H,25,27-28H2,1H3/b36-26-,43-31-,48-46+. The SMILES string of the molecule is CC1C/C=C(C2CCc3ccccc3-c3c2ccc2c4ccccc4n(-c4ccccc4)c32)/C=C(c2ccccc2)\N=C/1c1ccccc1. The normalized spacial score (nSPS) is 20.8. The van der Waals surface area contributed by atoms with Crippen molar-refractivity contribution in [3.8, 4) is 16.8 Å². The summed E-state index contributed by atoms with van der Waals surface area (Å²) in [6, 6.07) is 55.1. The molecule has 49 heavy (non-hydrogen) atoms. The zero-order valence-electron chi connectivity index (χ0n) is 27.8. The van der Waals surface area contributed by atoms with E-state index in [1.165, 1.54) is 60.9 Å². The number of benzene rings is 6. The van der Waals surface area contributed by atoms with Gasteiger partial charge in [0.1, 0.15) is 0 Å². The molecule has 2 aliphatic rings. The monoisotopic (exact) mass is 630 g/mol. The van der Waals surface area contributed by atoms with E-state index >= 15 is 0 Å². The smallest absolute Gasteiger partial charge is 0.0708 e. The molecule has 2 heterocycles. The third-order valence-corrected chi connectivity index (χ3v) is 10.5. The number of aliphatic imine (C=N–C) groups is 1. The van der Waals surface area contributed by atoms with Gasteiger partial charge in [0.05, 0.1) is 22.4 Å². The Balaban J connectivity index is 1.31. The molecule has 0 bridgehead atoms. The van der Waals surface area contributed by atoms with Crippen molar-refractivity contribution in [1.29, 1.82) is 0 Å². The Morgan fingerprint density at radius 2 is 1.31 bits per heavy atom. The van der Waals surface area contributed by atoms with Crippen molar-refractivity contribution < 1.29 is 0 Å². The van der Waals surface area contributed by atoms with Gasteiger partial charge in [-0.15, -0.1) is 0 Å². The largest absolute Gasteiger partial charge is 0.309 e. The van der Waals surface area contributed by atoms with Crippen molar-refractivity contribution in [2.45, 2.75) is 32.1 Å². The van der Waals surface area contributed by atoms with E-state index in [4.69, 9.17) is 4.99 Å². The summed E-state index contributed by atoms with van der Waals surface area (Å²) in [6.45, 7) is 2.33. The van der Waals surface area contributed by atoms with Gasteiger partial charge in [-0.3, -0.25) is 4.99 Å². The summed E-state index contributed by atoms with van der Waals surface area (Å²) >= 11 is 0. The molecule has 2 unspecified atom stereocenters. The van der Waals surface area contributed by atoms with Gasteiger partial charge >= 0.3 is 0 Å². The first kappa shape index (κ1) is 29.4. The highest BCUT2D eigenvalue weighted by atomic mass is 15.0. The highest BCUT2D eigenvalue weighted by Crippen LogP contribution is 2.48. The second kappa shape index (κ2) is 12.4. The molecule has 0 radical (unpaired) electrons. The summed E-state index contributed by atoms with van der Waals surface area (Å²) in [6.07, 6.45) is 7.91. The average Bonchev–Trinajstić information content (AvgIpc) is 3.40. The number of aromatic nitrogens is 1. The van der Waals surface area contributed by atoms with E-state index in [0.717, 1.165) is 36.2 Å². The second-order valence-corrected chi connectivity index (χ2v) is 13.5. The van der Waals surface area contributed by atoms with Crippen molar-refractivity contribution in [2.75, 3.05) is 0 Å². The van der Waals surface area contributed by atoms with Crippen LogP contribution in [0.4, 0.5) is 0 Å². The van der Waals surface area contributed by atoms with E-state index in [1.54, 1.807) is 0 Å². The maximum Gasteiger partial charge on any atom is 0.0708 e. The molecule has 1 aliphatic carbocycles. The molecule has 0 spiro atoms. The molecule has 6 aromatic carbocycles. The number of para-hydroxylation sites is 2. The minimum absolute atomic E-state index is 0.216. The number of fused-ring (bicyclic) bond motifs is 7. The maximum absolute atomic E-state index is 5.49. The van der Waals surface area contributed by atoms with E-state index in [0.29, 0.717) is 0 Å². The fourth-order valence-electron chi connectivity index (χ4n) is 8.15. The molecule has 7 aromatic rings. The Bertz CT molecular complexity index is 2410. The molecule has 1 aromatic heterocycles. The first-order chi connectivity index (χ1) is 24.2. The van der Waals surface area contributed by atoms with Gasteiger partial charge in [-0.05, 0) is 71.4 Å². The molecule has 0 amide bonds. The van der Waals surface area contributed by atoms with Crippen LogP contribution < -0.4 is 0 Å². The minimum atomic E-state index is 0.216. The lowest BCUT2D eigenvalue weighted by Gasteiger charge is -2.24. The average molecular weight is 631 g/mol. The van der Waals surface area contributed by atoms with Crippen LogP contribution in [0.2, 0.25) is 0 Å². The minimum Gasteiger partial charge on any atom is -0.309 e. The van der Waals surface area contributed by atoms with Crippen LogP contribution in [0, 0.1) is 5.92 Å². The summed E-state index contributed by atoms with van der Waals surface area (Å²) in [5.41, 5.74) is 15.1. The number of nitrogens with zero attached hydrogens (tertiary/aromatic N) is 2. The van der Waals surface area contributed by atoms with Crippen molar-refractivity contribution in [1.82, 2.24) is 4.57 Å². The fourth-order valence-corrected chi connectivity index (χ4v) is 8.15. The number of aryl methyl sites for hydroxylation is 1. The van der Waals surface area contributed by atoms with E-state index < -0.39 is 0 Å². The Kier molecular flexibility index (Phi) is 7.43. The molecule has 2 heteroatoms. The number of rotatable bonds is 4. The van der Waals surface area contributed by atoms with Gasteiger partial charge < -0.3 is 4.57 Å². The molecule has 0 N–H and O–H groups in total. The van der Waals surface area contributed by atoms with E-state index in [2.05, 4.69) is 175 Å². The lowest BCUT2D eigenvalue weighted by Crippen LogP contribution is -2.15. The van der Waals surface area contributed by atoms with Gasteiger partial charge in [0.25, 0.3) is 0 Å². The summed E-state index contributed by atoms with van der Waals surface area (Å²) in [4.78, 5) is 5.49. The maximum atomic E-state index is 5.49. The second-order valence-electron chi connectivity index (χ2n) is 13.5. The molecular formula is C47H38N2. The van der Waals surface area contributed by atoms with Crippen LogP contribution in [0.5, 0.6) is 0 Å². The Labute approximate surface area is 288 Å². The fraction of sp³-hybridized carbons (Fsp3) is 0.128. The van der Waals surface area contributed by atoms with Crippen LogP contribution in [-0.2, 0) is 6.42 Å². The van der Waals surface area contributed by atoms with Gasteiger partial charge in [-0.1, -0.05) is 146 Å². The van der Waals surface area contributed by atoms with Crippen LogP contribution in [0.1, 0.15) is 47.9 Å². The Hall–Kier alpha value is -5.73. The zero-order valence-corrected chi connectivity index (χ0v) is 27.8. The third kappa shape index (κ3) is 5.16. The summed E-state index contributed by atoms with van der Waals surface area (Å²) in [5, 5.41) is 2.59. The van der Waals surface area contributed by atoms with Gasteiger partial charge in [-0.2, -0.15) is 0 Å². The van der Waals surface area contributed by atoms with E-state index in [9.17, 15) is 0 Å². The van der Waals surface area contributed by atoms with Crippen molar-refractivity contribution in [3.63, 3.8) is 0 Å². The Morgan fingerprint density at radius 3 is 2.10 bits per heavy atom. The molecular weight excluding hydrogens is 593 g/mol. The summed E-state index contributed by atoms with van der Waals surface area (Å²) in [7, 11) is 0. The highest BCUT2D eigenvalue weighted by molar-refractivity contribution is 6.15. The van der Waals surface area contributed by atoms with Crippen LogP contribution in [0.25, 0.3) is 44.3 Å². The van der Waals surface area contributed by atoms with Crippen LogP contribution in [0.15, 0.2) is 174 Å². The third-order valence-electron chi connectivity index (χ3n) is 10.5. The lowest BCUT2D eigenvalue weighted by molar-refractivity contribution is 0.710. The zero-order chi connectivity index (χ0) is 32.7. The molecule has 1 aliphatic heterocycles. The van der Waals surface area contributed by atoms with E-state index in [-0.39, 0.29) is 11.8 Å². The predicted octanol–water partition coefficient (Wildman–Crippen LogP) is 12.0. The Morgan fingerprint density at radius 1 is 0.633 bits per heavy atom. The first-order valence-electron chi connectivity index (χ1n) is 17.6. The topological polar surface area (TPSA) is 17.3 Å². The van der Waals surface area contributed by atoms with Crippen molar-refractivity contribution in [2.24, 2.45) is 10.9 Å². The quantitative estimate of drug-likeness (QED) is 0.184. The molecule has 0 saturated carbocycles. The summed E-state index contributed by atoms with van der Waals surface area (Å²) < 4.78 is 2.50. The molecule has 2 atom stereocenters. The number of hydrogen-bond acceptors (Lipinski definition) is 1. The molecule has 0 saturated heterocycles. The number of hydrogen-bond donors (Lipinski definition) is 0. The molecule has 9 rings (SSSR count). The molecule has 0 fully saturated rings. The van der Waals surface area contributed by atoms with Crippen molar-refractivity contribution >= 4 is 33.2 Å². The van der Waals surface area contributed by atoms with Crippen LogP contribution in [-0.4, -0.2) is 10.3 Å². The molecule has 2 nitrogen and oxygen atoms in total.